The van der Waals surface area contributed by atoms with Crippen molar-refractivity contribution in [1.82, 2.24) is 4.90 Å². The molecule has 124 valence electrons. The van der Waals surface area contributed by atoms with Crippen molar-refractivity contribution >= 4 is 29.2 Å². The van der Waals surface area contributed by atoms with Gasteiger partial charge in [0.25, 0.3) is 0 Å². The van der Waals surface area contributed by atoms with E-state index in [0.29, 0.717) is 24.5 Å². The molecule has 1 saturated heterocycles. The first-order valence-corrected chi connectivity index (χ1v) is 7.60. The van der Waals surface area contributed by atoms with Crippen LogP contribution in [-0.4, -0.2) is 35.8 Å². The van der Waals surface area contributed by atoms with E-state index in [1.165, 1.54) is 11.8 Å². The van der Waals surface area contributed by atoms with Gasteiger partial charge in [0.2, 0.25) is 11.8 Å². The lowest BCUT2D eigenvalue weighted by Gasteiger charge is -2.30. The normalized spacial score (nSPS) is 17.5. The van der Waals surface area contributed by atoms with Gasteiger partial charge in [0.15, 0.2) is 0 Å². The van der Waals surface area contributed by atoms with E-state index in [9.17, 15) is 14.4 Å². The summed E-state index contributed by atoms with van der Waals surface area (Å²) >= 11 is 0. The van der Waals surface area contributed by atoms with E-state index in [-0.39, 0.29) is 17.7 Å². The largest absolute Gasteiger partial charge is 0.351 e. The smallest absolute Gasteiger partial charge is 0.314 e. The highest BCUT2D eigenvalue weighted by atomic mass is 16.2. The quantitative estimate of drug-likeness (QED) is 0.789. The topological polar surface area (TPSA) is 105 Å². The molecule has 1 aliphatic heterocycles. The van der Waals surface area contributed by atoms with Crippen molar-refractivity contribution in [1.29, 1.82) is 0 Å². The molecule has 7 heteroatoms. The fraction of sp³-hybridized carbons (Fsp3) is 0.438. The highest BCUT2D eigenvalue weighted by Gasteiger charge is 2.27. The Hall–Kier alpha value is -2.57. The van der Waals surface area contributed by atoms with Crippen molar-refractivity contribution in [3.63, 3.8) is 0 Å². The Morgan fingerprint density at radius 1 is 1.26 bits per heavy atom. The summed E-state index contributed by atoms with van der Waals surface area (Å²) in [4.78, 5) is 36.2. The summed E-state index contributed by atoms with van der Waals surface area (Å²) in [5, 5.41) is 5.59. The first-order valence-electron chi connectivity index (χ1n) is 7.60. The molecule has 23 heavy (non-hydrogen) atoms. The van der Waals surface area contributed by atoms with Gasteiger partial charge >= 0.3 is 6.03 Å². The van der Waals surface area contributed by atoms with Crippen LogP contribution in [0.4, 0.5) is 16.2 Å². The molecule has 4 amide bonds. The third-order valence-electron chi connectivity index (χ3n) is 3.91. The van der Waals surface area contributed by atoms with Crippen molar-refractivity contribution < 1.29 is 14.4 Å². The van der Waals surface area contributed by atoms with Gasteiger partial charge in [-0.3, -0.25) is 9.59 Å². The number of hydrogen-bond acceptors (Lipinski definition) is 3. The molecule has 1 heterocycles. The number of benzene rings is 1. The minimum atomic E-state index is -0.488. The Balaban J connectivity index is 2.01. The summed E-state index contributed by atoms with van der Waals surface area (Å²) in [6.45, 7) is 4.26. The third-order valence-corrected chi connectivity index (χ3v) is 3.91. The van der Waals surface area contributed by atoms with Crippen molar-refractivity contribution in [2.45, 2.75) is 26.7 Å². The van der Waals surface area contributed by atoms with Crippen molar-refractivity contribution in [2.24, 2.45) is 11.7 Å². The molecule has 1 aromatic carbocycles. The molecule has 0 unspecified atom stereocenters. The van der Waals surface area contributed by atoms with E-state index < -0.39 is 6.03 Å². The van der Waals surface area contributed by atoms with Gasteiger partial charge < -0.3 is 21.3 Å². The average Bonchev–Trinajstić information content (AvgIpc) is 2.49. The van der Waals surface area contributed by atoms with E-state index in [1.807, 2.05) is 6.92 Å². The zero-order valence-electron chi connectivity index (χ0n) is 13.4. The number of amides is 4. The number of anilines is 2. The van der Waals surface area contributed by atoms with Gasteiger partial charge in [-0.1, -0.05) is 0 Å². The number of aryl methyl sites for hydroxylation is 1. The minimum absolute atomic E-state index is 0.123. The van der Waals surface area contributed by atoms with Gasteiger partial charge in [-0.15, -0.1) is 0 Å². The third kappa shape index (κ3) is 4.45. The summed E-state index contributed by atoms with van der Waals surface area (Å²) < 4.78 is 0. The lowest BCUT2D eigenvalue weighted by atomic mass is 9.97. The maximum absolute atomic E-state index is 12.4. The zero-order valence-corrected chi connectivity index (χ0v) is 13.4. The Kier molecular flexibility index (Phi) is 5.20. The molecule has 0 saturated carbocycles. The lowest BCUT2D eigenvalue weighted by Crippen LogP contribution is -2.46. The zero-order chi connectivity index (χ0) is 17.0. The second kappa shape index (κ2) is 7.13. The molecule has 1 aromatic rings. The number of nitrogens with two attached hydrogens (primary N) is 1. The van der Waals surface area contributed by atoms with Crippen LogP contribution in [0, 0.1) is 12.8 Å². The minimum Gasteiger partial charge on any atom is -0.351 e. The molecule has 1 atom stereocenters. The fourth-order valence-corrected chi connectivity index (χ4v) is 2.71. The standard InChI is InChI=1S/C16H22N4O3/c1-10-8-13(5-6-14(10)18-11(2)21)19-15(22)12-4-3-7-20(9-12)16(17)23/h5-6,8,12H,3-4,7,9H2,1-2H3,(H2,17,23)(H,18,21)(H,19,22)/t12-/m1/s1. The predicted molar refractivity (Wildman–Crippen MR) is 88.0 cm³/mol. The summed E-state index contributed by atoms with van der Waals surface area (Å²) in [5.41, 5.74) is 7.52. The van der Waals surface area contributed by atoms with E-state index >= 15 is 0 Å². The Bertz CT molecular complexity index is 630. The first kappa shape index (κ1) is 16.8. The second-order valence-corrected chi connectivity index (χ2v) is 5.82. The molecule has 1 aliphatic rings. The van der Waals surface area contributed by atoms with Crippen LogP contribution >= 0.6 is 0 Å². The van der Waals surface area contributed by atoms with Gasteiger partial charge in [0.05, 0.1) is 5.92 Å². The number of carbonyl (C=O) groups is 3. The molecule has 0 radical (unpaired) electrons. The van der Waals surface area contributed by atoms with Gasteiger partial charge in [-0.25, -0.2) is 4.79 Å². The molecule has 4 N–H and O–H groups in total. The van der Waals surface area contributed by atoms with Gasteiger partial charge in [0.1, 0.15) is 0 Å². The number of nitrogens with zero attached hydrogens (tertiary/aromatic N) is 1. The van der Waals surface area contributed by atoms with Crippen LogP contribution in [0.5, 0.6) is 0 Å². The Labute approximate surface area is 135 Å². The van der Waals surface area contributed by atoms with E-state index in [0.717, 1.165) is 18.4 Å². The molecule has 2 rings (SSSR count). The Morgan fingerprint density at radius 3 is 2.61 bits per heavy atom. The average molecular weight is 318 g/mol. The van der Waals surface area contributed by atoms with Crippen LogP contribution in [0.15, 0.2) is 18.2 Å². The molecule has 0 spiro atoms. The Morgan fingerprint density at radius 2 is 2.00 bits per heavy atom. The maximum atomic E-state index is 12.4. The molecule has 7 nitrogen and oxygen atoms in total. The maximum Gasteiger partial charge on any atom is 0.314 e. The van der Waals surface area contributed by atoms with Gasteiger partial charge in [0, 0.05) is 31.4 Å². The van der Waals surface area contributed by atoms with Crippen molar-refractivity contribution in [3.8, 4) is 0 Å². The van der Waals surface area contributed by atoms with Gasteiger partial charge in [-0.05, 0) is 43.5 Å². The predicted octanol–water partition coefficient (Wildman–Crippen LogP) is 1.68. The summed E-state index contributed by atoms with van der Waals surface area (Å²) in [5.74, 6) is -0.521. The van der Waals surface area contributed by atoms with Crippen LogP contribution in [0.3, 0.4) is 0 Å². The molecular formula is C16H22N4O3. The molecular weight excluding hydrogens is 296 g/mol. The van der Waals surface area contributed by atoms with Crippen LogP contribution in [0.1, 0.15) is 25.3 Å². The molecule has 0 aromatic heterocycles. The highest BCUT2D eigenvalue weighted by Crippen LogP contribution is 2.22. The first-order chi connectivity index (χ1) is 10.9. The highest BCUT2D eigenvalue weighted by molar-refractivity contribution is 5.94. The lowest BCUT2D eigenvalue weighted by molar-refractivity contribution is -0.121. The number of piperidine rings is 1. The van der Waals surface area contributed by atoms with Crippen molar-refractivity contribution in [2.75, 3.05) is 23.7 Å². The number of nitrogens with one attached hydrogen (secondary N) is 2. The van der Waals surface area contributed by atoms with Crippen LogP contribution in [0.25, 0.3) is 0 Å². The summed E-state index contributed by atoms with van der Waals surface area (Å²) in [6, 6.07) is 4.81. The van der Waals surface area contributed by atoms with Crippen LogP contribution < -0.4 is 16.4 Å². The summed E-state index contributed by atoms with van der Waals surface area (Å²) in [7, 11) is 0. The van der Waals surface area contributed by atoms with E-state index in [4.69, 9.17) is 5.73 Å². The summed E-state index contributed by atoms with van der Waals surface area (Å²) in [6.07, 6.45) is 1.50. The second-order valence-electron chi connectivity index (χ2n) is 5.82. The fourth-order valence-electron chi connectivity index (χ4n) is 2.71. The molecule has 0 bridgehead atoms. The number of primary amides is 1. The molecule has 1 fully saturated rings. The van der Waals surface area contributed by atoms with Crippen molar-refractivity contribution in [3.05, 3.63) is 23.8 Å². The number of likely N-dealkylation sites (tertiary alicyclic amines) is 1. The van der Waals surface area contributed by atoms with E-state index in [2.05, 4.69) is 10.6 Å². The number of carbonyl (C=O) groups excluding carboxylic acids is 3. The number of hydrogen-bond donors (Lipinski definition) is 3. The SMILES string of the molecule is CC(=O)Nc1ccc(NC(=O)[C@@H]2CCCN(C(N)=O)C2)cc1C. The van der Waals surface area contributed by atoms with Gasteiger partial charge in [-0.2, -0.15) is 0 Å². The van der Waals surface area contributed by atoms with Crippen LogP contribution in [-0.2, 0) is 9.59 Å². The van der Waals surface area contributed by atoms with Crippen LogP contribution in [0.2, 0.25) is 0 Å². The molecule has 0 aliphatic carbocycles. The number of rotatable bonds is 3. The number of urea groups is 1. The monoisotopic (exact) mass is 318 g/mol. The van der Waals surface area contributed by atoms with E-state index in [1.54, 1.807) is 18.2 Å².